The number of fused-ring (bicyclic) bond motifs is 1. The van der Waals surface area contributed by atoms with Crippen LogP contribution < -0.4 is 5.32 Å². The maximum atomic E-state index is 12.4. The minimum atomic E-state index is -0.485. The first kappa shape index (κ1) is 22.7. The summed E-state index contributed by atoms with van der Waals surface area (Å²) in [5.41, 5.74) is 2.54. The van der Waals surface area contributed by atoms with Crippen molar-refractivity contribution >= 4 is 46.3 Å². The summed E-state index contributed by atoms with van der Waals surface area (Å²) in [5.74, 6) is 0.813. The molecule has 6 nitrogen and oxygen atoms in total. The number of carbonyl (C=O) groups is 1. The van der Waals surface area contributed by atoms with Crippen LogP contribution in [0.3, 0.4) is 0 Å². The van der Waals surface area contributed by atoms with Gasteiger partial charge in [-0.1, -0.05) is 41.4 Å². The van der Waals surface area contributed by atoms with E-state index in [1.807, 2.05) is 57.2 Å². The summed E-state index contributed by atoms with van der Waals surface area (Å²) in [6.45, 7) is 7.59. The molecule has 1 aliphatic rings. The molecule has 170 valence electrons. The first-order chi connectivity index (χ1) is 15.2. The Morgan fingerprint density at radius 2 is 1.84 bits per heavy atom. The zero-order valence-electron chi connectivity index (χ0n) is 18.6. The second-order valence-electron chi connectivity index (χ2n) is 9.14. The van der Waals surface area contributed by atoms with Crippen molar-refractivity contribution in [1.29, 1.82) is 0 Å². The normalized spacial score (nSPS) is 15.2. The highest BCUT2D eigenvalue weighted by atomic mass is 35.5. The maximum Gasteiger partial charge on any atom is 0.410 e. The van der Waals surface area contributed by atoms with Gasteiger partial charge in [0, 0.05) is 19.1 Å². The number of anilines is 1. The molecule has 1 aromatic heterocycles. The largest absolute Gasteiger partial charge is 0.444 e. The molecule has 1 amide bonds. The van der Waals surface area contributed by atoms with Crippen LogP contribution in [-0.2, 0) is 11.3 Å². The number of benzene rings is 2. The lowest BCUT2D eigenvalue weighted by atomic mass is 10.1. The number of likely N-dealkylation sites (tertiary alicyclic amines) is 1. The van der Waals surface area contributed by atoms with Gasteiger partial charge in [-0.3, -0.25) is 0 Å². The smallest absolute Gasteiger partial charge is 0.410 e. The van der Waals surface area contributed by atoms with E-state index < -0.39 is 5.60 Å². The summed E-state index contributed by atoms with van der Waals surface area (Å²) in [5, 5.41) is 4.69. The minimum absolute atomic E-state index is 0.220. The summed E-state index contributed by atoms with van der Waals surface area (Å²) >= 11 is 12.3. The Morgan fingerprint density at radius 3 is 2.53 bits per heavy atom. The molecule has 2 aromatic carbocycles. The van der Waals surface area contributed by atoms with Crippen molar-refractivity contribution in [3.05, 3.63) is 58.1 Å². The van der Waals surface area contributed by atoms with Crippen molar-refractivity contribution < 1.29 is 9.53 Å². The van der Waals surface area contributed by atoms with E-state index in [0.717, 1.165) is 35.4 Å². The van der Waals surface area contributed by atoms with Crippen LogP contribution in [0.4, 0.5) is 10.7 Å². The molecule has 0 radical (unpaired) electrons. The Labute approximate surface area is 198 Å². The molecule has 2 heterocycles. The van der Waals surface area contributed by atoms with Gasteiger partial charge in [0.2, 0.25) is 5.95 Å². The van der Waals surface area contributed by atoms with Gasteiger partial charge in [-0.25, -0.2) is 9.78 Å². The molecule has 0 aliphatic carbocycles. The number of para-hydroxylation sites is 2. The number of rotatable bonds is 4. The quantitative estimate of drug-likeness (QED) is 0.488. The van der Waals surface area contributed by atoms with Crippen molar-refractivity contribution in [2.75, 3.05) is 18.4 Å². The van der Waals surface area contributed by atoms with Crippen molar-refractivity contribution in [2.24, 2.45) is 0 Å². The van der Waals surface area contributed by atoms with Gasteiger partial charge in [-0.05, 0) is 63.4 Å². The zero-order valence-corrected chi connectivity index (χ0v) is 20.1. The lowest BCUT2D eigenvalue weighted by molar-refractivity contribution is 0.0210. The average Bonchev–Trinajstić information content (AvgIpc) is 3.07. The van der Waals surface area contributed by atoms with Gasteiger partial charge < -0.3 is 19.5 Å². The maximum absolute atomic E-state index is 12.4. The van der Waals surface area contributed by atoms with Gasteiger partial charge in [0.1, 0.15) is 5.60 Å². The number of hydrogen-bond donors (Lipinski definition) is 1. The molecular weight excluding hydrogens is 447 g/mol. The molecule has 8 heteroatoms. The lowest BCUT2D eigenvalue weighted by Crippen LogP contribution is -2.44. The van der Waals surface area contributed by atoms with E-state index in [2.05, 4.69) is 16.0 Å². The number of aromatic nitrogens is 2. The molecule has 0 bridgehead atoms. The number of halogens is 2. The summed E-state index contributed by atoms with van der Waals surface area (Å²) in [6.07, 6.45) is 1.41. The first-order valence-electron chi connectivity index (χ1n) is 10.8. The number of hydrogen-bond acceptors (Lipinski definition) is 4. The van der Waals surface area contributed by atoms with E-state index >= 15 is 0 Å². The van der Waals surface area contributed by atoms with Crippen LogP contribution in [0.5, 0.6) is 0 Å². The number of carbonyl (C=O) groups excluding carboxylic acids is 1. The Hall–Kier alpha value is -2.44. The molecule has 0 unspecified atom stereocenters. The third kappa shape index (κ3) is 5.30. The van der Waals surface area contributed by atoms with Gasteiger partial charge in [0.05, 0.1) is 27.6 Å². The van der Waals surface area contributed by atoms with E-state index in [1.54, 1.807) is 4.90 Å². The van der Waals surface area contributed by atoms with Crippen LogP contribution in [0.1, 0.15) is 39.2 Å². The molecule has 0 saturated carbocycles. The lowest BCUT2D eigenvalue weighted by Gasteiger charge is -2.34. The molecule has 1 N–H and O–H groups in total. The van der Waals surface area contributed by atoms with Crippen LogP contribution in [0.25, 0.3) is 11.0 Å². The van der Waals surface area contributed by atoms with Crippen molar-refractivity contribution in [3.8, 4) is 0 Å². The van der Waals surface area contributed by atoms with Gasteiger partial charge in [-0.15, -0.1) is 0 Å². The van der Waals surface area contributed by atoms with Crippen LogP contribution in [-0.4, -0.2) is 45.3 Å². The van der Waals surface area contributed by atoms with E-state index in [0.29, 0.717) is 29.7 Å². The van der Waals surface area contributed by atoms with E-state index in [4.69, 9.17) is 32.9 Å². The highest BCUT2D eigenvalue weighted by molar-refractivity contribution is 6.42. The van der Waals surface area contributed by atoms with Gasteiger partial charge in [0.15, 0.2) is 0 Å². The molecule has 1 saturated heterocycles. The van der Waals surface area contributed by atoms with Crippen molar-refractivity contribution in [3.63, 3.8) is 0 Å². The molecule has 0 atom stereocenters. The predicted molar refractivity (Wildman–Crippen MR) is 130 cm³/mol. The standard InChI is InChI=1S/C24H28Cl2N4O2/c1-24(2,3)32-23(31)29-12-10-17(11-13-29)27-22-28-20-6-4-5-7-21(20)30(22)15-16-8-9-18(25)19(26)14-16/h4-9,14,17H,10-13,15H2,1-3H3,(H,27,28). The SMILES string of the molecule is CC(C)(C)OC(=O)N1CCC(Nc2nc3ccccc3n2Cc2ccc(Cl)c(Cl)c2)CC1. The van der Waals surface area contributed by atoms with E-state index in [9.17, 15) is 4.79 Å². The summed E-state index contributed by atoms with van der Waals surface area (Å²) < 4.78 is 7.67. The molecule has 4 rings (SSSR count). The Morgan fingerprint density at radius 1 is 1.12 bits per heavy atom. The highest BCUT2D eigenvalue weighted by Gasteiger charge is 2.27. The van der Waals surface area contributed by atoms with E-state index in [1.165, 1.54) is 0 Å². The Bertz CT molecular complexity index is 1110. The average molecular weight is 475 g/mol. The highest BCUT2D eigenvalue weighted by Crippen LogP contribution is 2.27. The summed E-state index contributed by atoms with van der Waals surface area (Å²) in [4.78, 5) is 19.0. The number of amides is 1. The Kier molecular flexibility index (Phi) is 6.54. The monoisotopic (exact) mass is 474 g/mol. The molecule has 0 spiro atoms. The Balaban J connectivity index is 1.49. The van der Waals surface area contributed by atoms with Crippen LogP contribution in [0.2, 0.25) is 10.0 Å². The summed E-state index contributed by atoms with van der Waals surface area (Å²) in [7, 11) is 0. The molecule has 3 aromatic rings. The third-order valence-electron chi connectivity index (χ3n) is 5.46. The van der Waals surface area contributed by atoms with Crippen molar-refractivity contribution in [1.82, 2.24) is 14.5 Å². The summed E-state index contributed by atoms with van der Waals surface area (Å²) in [6, 6.07) is 14.0. The topological polar surface area (TPSA) is 59.4 Å². The third-order valence-corrected chi connectivity index (χ3v) is 6.20. The zero-order chi connectivity index (χ0) is 22.9. The first-order valence-corrected chi connectivity index (χ1v) is 11.6. The minimum Gasteiger partial charge on any atom is -0.444 e. The molecule has 32 heavy (non-hydrogen) atoms. The van der Waals surface area contributed by atoms with Crippen molar-refractivity contribution in [2.45, 2.75) is 51.8 Å². The second kappa shape index (κ2) is 9.20. The number of piperidine rings is 1. The number of imidazole rings is 1. The van der Waals surface area contributed by atoms with Gasteiger partial charge in [0.25, 0.3) is 0 Å². The predicted octanol–water partition coefficient (Wildman–Crippen LogP) is 6.20. The fourth-order valence-electron chi connectivity index (χ4n) is 3.88. The van der Waals surface area contributed by atoms with Gasteiger partial charge >= 0.3 is 6.09 Å². The van der Waals surface area contributed by atoms with Crippen LogP contribution in [0, 0.1) is 0 Å². The van der Waals surface area contributed by atoms with Gasteiger partial charge in [-0.2, -0.15) is 0 Å². The molecule has 1 fully saturated rings. The number of ether oxygens (including phenoxy) is 1. The van der Waals surface area contributed by atoms with Crippen LogP contribution in [0.15, 0.2) is 42.5 Å². The number of nitrogens with one attached hydrogen (secondary N) is 1. The second-order valence-corrected chi connectivity index (χ2v) is 9.96. The van der Waals surface area contributed by atoms with Crippen LogP contribution >= 0.6 is 23.2 Å². The van der Waals surface area contributed by atoms with E-state index in [-0.39, 0.29) is 12.1 Å². The number of nitrogens with zero attached hydrogens (tertiary/aromatic N) is 3. The fraction of sp³-hybridized carbons (Fsp3) is 0.417. The molecular formula is C24H28Cl2N4O2. The molecule has 1 aliphatic heterocycles. The fourth-order valence-corrected chi connectivity index (χ4v) is 4.20.